The highest BCUT2D eigenvalue weighted by Crippen LogP contribution is 2.42. The van der Waals surface area contributed by atoms with E-state index in [9.17, 15) is 9.59 Å². The van der Waals surface area contributed by atoms with Crippen molar-refractivity contribution < 1.29 is 19.1 Å². The Kier molecular flexibility index (Phi) is 19.6. The summed E-state index contributed by atoms with van der Waals surface area (Å²) in [6, 6.07) is 3.76. The standard InChI is InChI=1S/C34H52Br2O4S2/c1-5-9-13-15-19-25(17-11-7-3)23-39-33(37)27-21-29(41-31(27)35)30-22-28(32(36)42-30)34(38)40-24-26(18-12-8-4)20-16-14-10-6-2/h21-22,25-26H,5-20,23-24H2,1-4H3. The first-order valence-corrected chi connectivity index (χ1v) is 19.5. The summed E-state index contributed by atoms with van der Waals surface area (Å²) in [5.41, 5.74) is 1.09. The molecule has 2 unspecified atom stereocenters. The molecule has 0 spiro atoms. The number of rotatable bonds is 23. The summed E-state index contributed by atoms with van der Waals surface area (Å²) in [4.78, 5) is 28.0. The Bertz CT molecular complexity index is 966. The van der Waals surface area contributed by atoms with Crippen LogP contribution < -0.4 is 0 Å². The summed E-state index contributed by atoms with van der Waals surface area (Å²) in [6.07, 6.45) is 19.0. The number of carbonyl (C=O) groups is 2. The molecule has 0 amide bonds. The molecule has 0 saturated carbocycles. The van der Waals surface area contributed by atoms with Crippen LogP contribution in [-0.4, -0.2) is 25.2 Å². The van der Waals surface area contributed by atoms with Crippen LogP contribution in [0.4, 0.5) is 0 Å². The van der Waals surface area contributed by atoms with Gasteiger partial charge in [-0.2, -0.15) is 0 Å². The van der Waals surface area contributed by atoms with E-state index in [1.807, 2.05) is 12.1 Å². The molecular formula is C34H52Br2O4S2. The zero-order valence-corrected chi connectivity index (χ0v) is 31.0. The third-order valence-electron chi connectivity index (χ3n) is 7.82. The van der Waals surface area contributed by atoms with Crippen LogP contribution in [0.1, 0.15) is 151 Å². The fourth-order valence-electron chi connectivity index (χ4n) is 5.13. The van der Waals surface area contributed by atoms with Gasteiger partial charge in [0.05, 0.1) is 31.9 Å². The minimum atomic E-state index is -0.285. The lowest BCUT2D eigenvalue weighted by molar-refractivity contribution is 0.0413. The van der Waals surface area contributed by atoms with Crippen molar-refractivity contribution in [2.45, 2.75) is 130 Å². The molecule has 2 aromatic rings. The first-order valence-electron chi connectivity index (χ1n) is 16.3. The highest BCUT2D eigenvalue weighted by Gasteiger charge is 2.23. The molecule has 2 rings (SSSR count). The van der Waals surface area contributed by atoms with E-state index in [-0.39, 0.29) is 11.9 Å². The van der Waals surface area contributed by atoms with Crippen LogP contribution in [0.15, 0.2) is 19.7 Å². The number of esters is 2. The fourth-order valence-corrected chi connectivity index (χ4v) is 8.54. The molecule has 0 N–H and O–H groups in total. The summed E-state index contributed by atoms with van der Waals surface area (Å²) < 4.78 is 13.2. The lowest BCUT2D eigenvalue weighted by Crippen LogP contribution is -2.14. The van der Waals surface area contributed by atoms with Gasteiger partial charge >= 0.3 is 11.9 Å². The number of hydrogen-bond donors (Lipinski definition) is 0. The Morgan fingerprint density at radius 3 is 1.31 bits per heavy atom. The van der Waals surface area contributed by atoms with Crippen LogP contribution >= 0.6 is 54.5 Å². The molecule has 4 nitrogen and oxygen atoms in total. The van der Waals surface area contributed by atoms with Crippen molar-refractivity contribution in [3.05, 3.63) is 30.8 Å². The average molecular weight is 749 g/mol. The smallest absolute Gasteiger partial charge is 0.340 e. The van der Waals surface area contributed by atoms with E-state index in [0.717, 1.165) is 55.9 Å². The molecule has 0 saturated heterocycles. The Hall–Kier alpha value is -0.700. The molecule has 2 aromatic heterocycles. The van der Waals surface area contributed by atoms with Gasteiger partial charge in [0.25, 0.3) is 0 Å². The van der Waals surface area contributed by atoms with E-state index in [2.05, 4.69) is 59.6 Å². The molecule has 0 radical (unpaired) electrons. The first kappa shape index (κ1) is 37.5. The van der Waals surface area contributed by atoms with Gasteiger partial charge in [0, 0.05) is 9.75 Å². The molecule has 238 valence electrons. The Labute approximate surface area is 280 Å². The molecule has 0 fully saturated rings. The lowest BCUT2D eigenvalue weighted by Gasteiger charge is -2.16. The summed E-state index contributed by atoms with van der Waals surface area (Å²) >= 11 is 10.2. The maximum absolute atomic E-state index is 13.1. The number of thiophene rings is 2. The molecule has 2 heterocycles. The van der Waals surface area contributed by atoms with Gasteiger partial charge in [-0.25, -0.2) is 9.59 Å². The van der Waals surface area contributed by atoms with Crippen molar-refractivity contribution in [3.8, 4) is 9.75 Å². The van der Waals surface area contributed by atoms with E-state index < -0.39 is 0 Å². The van der Waals surface area contributed by atoms with Crippen LogP contribution in [0.25, 0.3) is 9.75 Å². The van der Waals surface area contributed by atoms with Gasteiger partial charge in [-0.05, 0) is 81.5 Å². The first-order chi connectivity index (χ1) is 20.3. The van der Waals surface area contributed by atoms with Crippen molar-refractivity contribution in [3.63, 3.8) is 0 Å². The monoisotopic (exact) mass is 746 g/mol. The van der Waals surface area contributed by atoms with Gasteiger partial charge in [0.15, 0.2) is 0 Å². The van der Waals surface area contributed by atoms with Gasteiger partial charge in [-0.15, -0.1) is 22.7 Å². The van der Waals surface area contributed by atoms with Crippen LogP contribution in [0.3, 0.4) is 0 Å². The summed E-state index contributed by atoms with van der Waals surface area (Å²) in [5, 5.41) is 0. The Balaban J connectivity index is 2.00. The van der Waals surface area contributed by atoms with Gasteiger partial charge in [0.2, 0.25) is 0 Å². The molecule has 42 heavy (non-hydrogen) atoms. The van der Waals surface area contributed by atoms with Crippen molar-refractivity contribution in [2.75, 3.05) is 13.2 Å². The van der Waals surface area contributed by atoms with E-state index in [1.165, 1.54) is 86.9 Å². The molecule has 2 atom stereocenters. The zero-order chi connectivity index (χ0) is 30.7. The Morgan fingerprint density at radius 1 is 0.595 bits per heavy atom. The van der Waals surface area contributed by atoms with Gasteiger partial charge in [-0.3, -0.25) is 0 Å². The second-order valence-corrected chi connectivity index (χ2v) is 16.2. The van der Waals surface area contributed by atoms with Crippen LogP contribution in [-0.2, 0) is 9.47 Å². The maximum atomic E-state index is 13.1. The summed E-state index contributed by atoms with van der Waals surface area (Å²) in [6.45, 7) is 9.81. The average Bonchev–Trinajstić information content (AvgIpc) is 3.57. The van der Waals surface area contributed by atoms with E-state index in [0.29, 0.717) is 36.2 Å². The van der Waals surface area contributed by atoms with E-state index in [1.54, 1.807) is 0 Å². The summed E-state index contributed by atoms with van der Waals surface area (Å²) in [5.74, 6) is 0.267. The normalized spacial score (nSPS) is 12.8. The number of unbranched alkanes of at least 4 members (excludes halogenated alkanes) is 8. The van der Waals surface area contributed by atoms with E-state index in [4.69, 9.17) is 9.47 Å². The third-order valence-corrected chi connectivity index (χ3v) is 11.7. The second-order valence-electron chi connectivity index (χ2n) is 11.5. The van der Waals surface area contributed by atoms with Crippen LogP contribution in [0.2, 0.25) is 0 Å². The molecule has 0 aliphatic heterocycles. The van der Waals surface area contributed by atoms with Crippen LogP contribution in [0.5, 0.6) is 0 Å². The number of carbonyl (C=O) groups excluding carboxylic acids is 2. The van der Waals surface area contributed by atoms with Crippen molar-refractivity contribution in [2.24, 2.45) is 11.8 Å². The van der Waals surface area contributed by atoms with E-state index >= 15 is 0 Å². The van der Waals surface area contributed by atoms with Gasteiger partial charge < -0.3 is 9.47 Å². The molecule has 0 aliphatic rings. The third kappa shape index (κ3) is 13.5. The number of ether oxygens (including phenoxy) is 2. The second kappa shape index (κ2) is 21.9. The van der Waals surface area contributed by atoms with Crippen molar-refractivity contribution >= 4 is 66.5 Å². The predicted molar refractivity (Wildman–Crippen MR) is 187 cm³/mol. The quantitative estimate of drug-likeness (QED) is 0.0839. The van der Waals surface area contributed by atoms with Crippen molar-refractivity contribution in [1.82, 2.24) is 0 Å². The number of hydrogen-bond acceptors (Lipinski definition) is 6. The van der Waals surface area contributed by atoms with Crippen molar-refractivity contribution in [1.29, 1.82) is 0 Å². The molecular weight excluding hydrogens is 696 g/mol. The van der Waals surface area contributed by atoms with Crippen LogP contribution in [0, 0.1) is 11.8 Å². The molecule has 0 aliphatic carbocycles. The molecule has 8 heteroatoms. The maximum Gasteiger partial charge on any atom is 0.340 e. The topological polar surface area (TPSA) is 52.6 Å². The lowest BCUT2D eigenvalue weighted by atomic mass is 9.96. The predicted octanol–water partition coefficient (Wildman–Crippen LogP) is 12.9. The van der Waals surface area contributed by atoms with Gasteiger partial charge in [-0.1, -0.05) is 105 Å². The number of halogens is 2. The van der Waals surface area contributed by atoms with Gasteiger partial charge in [0.1, 0.15) is 0 Å². The minimum Gasteiger partial charge on any atom is -0.462 e. The largest absolute Gasteiger partial charge is 0.462 e. The highest BCUT2D eigenvalue weighted by atomic mass is 79.9. The SMILES string of the molecule is CCCCCCC(CCCC)COC(=O)c1cc(-c2cc(C(=O)OCC(CCCC)CCCCCC)c(Br)s2)sc1Br. The molecule has 0 bridgehead atoms. The fraction of sp³-hybridized carbons (Fsp3) is 0.706. The minimum absolute atomic E-state index is 0.285. The highest BCUT2D eigenvalue weighted by molar-refractivity contribution is 9.11. The Morgan fingerprint density at radius 2 is 0.952 bits per heavy atom. The summed E-state index contributed by atoms with van der Waals surface area (Å²) in [7, 11) is 0. The zero-order valence-electron chi connectivity index (χ0n) is 26.2. The molecule has 0 aromatic carbocycles.